The van der Waals surface area contributed by atoms with Crippen molar-refractivity contribution in [3.8, 4) is 0 Å². The van der Waals surface area contributed by atoms with E-state index in [0.29, 0.717) is 0 Å². The fraction of sp³-hybridized carbons (Fsp3) is 0.857. The minimum atomic E-state index is -1.54. The lowest BCUT2D eigenvalue weighted by molar-refractivity contribution is -0.122. The van der Waals surface area contributed by atoms with Crippen molar-refractivity contribution < 1.29 is 25.2 Å². The van der Waals surface area contributed by atoms with Crippen LogP contribution >= 0.6 is 15.9 Å². The van der Waals surface area contributed by atoms with E-state index in [1.165, 1.54) is 6.92 Å². The van der Waals surface area contributed by atoms with Crippen molar-refractivity contribution >= 4 is 21.7 Å². The molecule has 0 radical (unpaired) electrons. The first kappa shape index (κ1) is 13.0. The monoisotopic (exact) mass is 256 g/mol. The molecule has 0 aromatic heterocycles. The first-order chi connectivity index (χ1) is 5.91. The fourth-order valence-electron chi connectivity index (χ4n) is 0.749. The highest BCUT2D eigenvalue weighted by atomic mass is 79.9. The molecular weight excluding hydrogens is 244 g/mol. The molecule has 0 heterocycles. The van der Waals surface area contributed by atoms with E-state index < -0.39 is 29.7 Å². The molecule has 4 atom stereocenters. The molecule has 0 rings (SSSR count). The lowest BCUT2D eigenvalue weighted by atomic mass is 10.0. The van der Waals surface area contributed by atoms with Crippen molar-refractivity contribution in [1.82, 2.24) is 0 Å². The Labute approximate surface area is 84.1 Å². The van der Waals surface area contributed by atoms with E-state index in [9.17, 15) is 9.90 Å². The molecule has 0 aliphatic heterocycles. The summed E-state index contributed by atoms with van der Waals surface area (Å²) in [6, 6.07) is 0. The van der Waals surface area contributed by atoms with E-state index >= 15 is 0 Å². The second-order valence-electron chi connectivity index (χ2n) is 2.74. The number of alkyl halides is 1. The Balaban J connectivity index is 4.24. The number of halogens is 1. The van der Waals surface area contributed by atoms with Gasteiger partial charge in [-0.2, -0.15) is 0 Å². The van der Waals surface area contributed by atoms with E-state index in [0.717, 1.165) is 0 Å². The molecule has 0 aromatic rings. The Hall–Kier alpha value is -0.0100. The van der Waals surface area contributed by atoms with Crippen LogP contribution in [0.1, 0.15) is 6.92 Å². The second kappa shape index (κ2) is 5.66. The second-order valence-corrected chi connectivity index (χ2v) is 3.73. The minimum Gasteiger partial charge on any atom is -0.394 e. The maximum Gasteiger partial charge on any atom is 0.146 e. The lowest BCUT2D eigenvalue weighted by Gasteiger charge is -2.23. The van der Waals surface area contributed by atoms with E-state index in [-0.39, 0.29) is 5.78 Å². The van der Waals surface area contributed by atoms with Gasteiger partial charge in [0, 0.05) is 0 Å². The molecule has 4 N–H and O–H groups in total. The Morgan fingerprint density at radius 1 is 1.31 bits per heavy atom. The summed E-state index contributed by atoms with van der Waals surface area (Å²) in [6.45, 7) is 0.566. The summed E-state index contributed by atoms with van der Waals surface area (Å²) in [5.74, 6) is -0.364. The van der Waals surface area contributed by atoms with Gasteiger partial charge in [0.25, 0.3) is 0 Å². The van der Waals surface area contributed by atoms with Crippen LogP contribution in [-0.2, 0) is 4.79 Å². The lowest BCUT2D eigenvalue weighted by Crippen LogP contribution is -2.45. The van der Waals surface area contributed by atoms with Crippen LogP contribution in [0.2, 0.25) is 0 Å². The molecule has 0 aromatic carbocycles. The molecule has 0 fully saturated rings. The van der Waals surface area contributed by atoms with Crippen molar-refractivity contribution in [1.29, 1.82) is 0 Å². The quantitative estimate of drug-likeness (QED) is 0.445. The zero-order valence-corrected chi connectivity index (χ0v) is 8.68. The number of hydrogen-bond donors (Lipinski definition) is 4. The van der Waals surface area contributed by atoms with Gasteiger partial charge in [-0.15, -0.1) is 0 Å². The number of aliphatic hydroxyl groups excluding tert-OH is 4. The molecule has 13 heavy (non-hydrogen) atoms. The average molecular weight is 257 g/mol. The summed E-state index contributed by atoms with van der Waals surface area (Å²) in [5.41, 5.74) is 0. The van der Waals surface area contributed by atoms with Gasteiger partial charge in [-0.25, -0.2) is 0 Å². The van der Waals surface area contributed by atoms with E-state index in [1.807, 2.05) is 0 Å². The van der Waals surface area contributed by atoms with Crippen LogP contribution in [-0.4, -0.2) is 56.0 Å². The van der Waals surface area contributed by atoms with Gasteiger partial charge in [-0.1, -0.05) is 15.9 Å². The maximum atomic E-state index is 10.7. The van der Waals surface area contributed by atoms with Gasteiger partial charge in [0.1, 0.15) is 28.9 Å². The first-order valence-corrected chi connectivity index (χ1v) is 4.63. The Kier molecular flexibility index (Phi) is 5.66. The zero-order chi connectivity index (χ0) is 10.6. The van der Waals surface area contributed by atoms with E-state index in [2.05, 4.69) is 15.9 Å². The Morgan fingerprint density at radius 2 is 1.77 bits per heavy atom. The Bertz CT molecular complexity index is 174. The van der Waals surface area contributed by atoms with Gasteiger partial charge in [-0.3, -0.25) is 4.79 Å². The smallest absolute Gasteiger partial charge is 0.146 e. The average Bonchev–Trinajstić information content (AvgIpc) is 2.12. The summed E-state index contributed by atoms with van der Waals surface area (Å²) < 4.78 is 0. The highest BCUT2D eigenvalue weighted by Gasteiger charge is 2.31. The number of aliphatic hydroxyl groups is 4. The van der Waals surface area contributed by atoms with Crippen molar-refractivity contribution in [3.63, 3.8) is 0 Å². The number of Topliss-reactive ketones (excluding diaryl/α,β-unsaturated/α-hetero) is 1. The van der Waals surface area contributed by atoms with Crippen molar-refractivity contribution in [2.24, 2.45) is 0 Å². The largest absolute Gasteiger partial charge is 0.394 e. The molecule has 0 aliphatic rings. The van der Waals surface area contributed by atoms with Crippen LogP contribution in [0.5, 0.6) is 0 Å². The van der Waals surface area contributed by atoms with Crippen LogP contribution < -0.4 is 0 Å². The molecule has 0 amide bonds. The van der Waals surface area contributed by atoms with Gasteiger partial charge in [0.2, 0.25) is 0 Å². The van der Waals surface area contributed by atoms with Gasteiger partial charge in [0.05, 0.1) is 6.61 Å². The first-order valence-electron chi connectivity index (χ1n) is 3.71. The highest BCUT2D eigenvalue weighted by molar-refractivity contribution is 9.10. The predicted molar refractivity (Wildman–Crippen MR) is 48.5 cm³/mol. The van der Waals surface area contributed by atoms with E-state index in [4.69, 9.17) is 15.3 Å². The topological polar surface area (TPSA) is 98.0 Å². The van der Waals surface area contributed by atoms with E-state index in [1.54, 1.807) is 0 Å². The zero-order valence-electron chi connectivity index (χ0n) is 7.09. The fourth-order valence-corrected chi connectivity index (χ4v) is 1.06. The molecule has 5 nitrogen and oxygen atoms in total. The molecular formula is C7H13BrO5. The van der Waals surface area contributed by atoms with Crippen LogP contribution in [0.3, 0.4) is 0 Å². The van der Waals surface area contributed by atoms with Gasteiger partial charge >= 0.3 is 0 Å². The molecule has 0 spiro atoms. The molecule has 78 valence electrons. The normalized spacial score (nSPS) is 20.5. The Morgan fingerprint density at radius 3 is 2.08 bits per heavy atom. The van der Waals surface area contributed by atoms with Gasteiger partial charge in [0.15, 0.2) is 0 Å². The molecule has 0 aliphatic carbocycles. The third-order valence-electron chi connectivity index (χ3n) is 1.62. The maximum absolute atomic E-state index is 10.7. The molecule has 6 heteroatoms. The number of carbonyl (C=O) groups excluding carboxylic acids is 1. The molecule has 0 unspecified atom stereocenters. The minimum absolute atomic E-state index is 0.364. The number of ketones is 1. The summed E-state index contributed by atoms with van der Waals surface area (Å²) in [7, 11) is 0. The molecule has 0 saturated heterocycles. The molecule has 0 saturated carbocycles. The summed E-state index contributed by atoms with van der Waals surface area (Å²) >= 11 is 2.85. The van der Waals surface area contributed by atoms with Gasteiger partial charge in [-0.05, 0) is 6.92 Å². The number of rotatable bonds is 5. The summed E-state index contributed by atoms with van der Waals surface area (Å²) in [5, 5.41) is 35.8. The van der Waals surface area contributed by atoms with Gasteiger partial charge < -0.3 is 20.4 Å². The SMILES string of the molecule is CC(=O)[C@H](Br)[C@@H](O)[C@H](O)[C@H](O)CO. The van der Waals surface area contributed by atoms with Crippen LogP contribution in [0.25, 0.3) is 0 Å². The van der Waals surface area contributed by atoms with Crippen molar-refractivity contribution in [2.75, 3.05) is 6.61 Å². The third-order valence-corrected chi connectivity index (χ3v) is 2.81. The van der Waals surface area contributed by atoms with Crippen molar-refractivity contribution in [2.45, 2.75) is 30.1 Å². The van der Waals surface area contributed by atoms with Crippen LogP contribution in [0.4, 0.5) is 0 Å². The molecule has 0 bridgehead atoms. The summed E-state index contributed by atoms with van der Waals surface area (Å²) in [6.07, 6.45) is -4.42. The predicted octanol–water partition coefficient (Wildman–Crippen LogP) is -1.59. The highest BCUT2D eigenvalue weighted by Crippen LogP contribution is 2.13. The van der Waals surface area contributed by atoms with Crippen molar-refractivity contribution in [3.05, 3.63) is 0 Å². The number of carbonyl (C=O) groups is 1. The summed E-state index contributed by atoms with van der Waals surface area (Å²) in [4.78, 5) is 9.80. The van der Waals surface area contributed by atoms with Crippen LogP contribution in [0.15, 0.2) is 0 Å². The standard InChI is InChI=1S/C7H13BrO5/c1-3(10)5(8)7(13)6(12)4(11)2-9/h4-7,9,11-13H,2H2,1H3/t4-,5+,6-,7-/m1/s1. The third kappa shape index (κ3) is 3.70. The number of hydrogen-bond acceptors (Lipinski definition) is 5. The van der Waals surface area contributed by atoms with Crippen LogP contribution in [0, 0.1) is 0 Å².